The van der Waals surface area contributed by atoms with E-state index in [9.17, 15) is 4.79 Å². The molecule has 0 aliphatic rings. The fourth-order valence-electron chi connectivity index (χ4n) is 2.20. The van der Waals surface area contributed by atoms with Crippen molar-refractivity contribution in [2.75, 3.05) is 5.73 Å². The SMILES string of the molecule is CC(C)(C)C(=O)c1cnc(-n2cnc3ccccc32)nc1N. The molecule has 1 aromatic carbocycles. The Labute approximate surface area is 128 Å². The van der Waals surface area contributed by atoms with Gasteiger partial charge >= 0.3 is 0 Å². The smallest absolute Gasteiger partial charge is 0.237 e. The summed E-state index contributed by atoms with van der Waals surface area (Å²) in [5.74, 6) is 0.506. The van der Waals surface area contributed by atoms with Gasteiger partial charge in [-0.15, -0.1) is 0 Å². The van der Waals surface area contributed by atoms with Crippen LogP contribution in [0.3, 0.4) is 0 Å². The van der Waals surface area contributed by atoms with Crippen LogP contribution in [-0.4, -0.2) is 25.3 Å². The van der Waals surface area contributed by atoms with E-state index >= 15 is 0 Å². The average molecular weight is 295 g/mol. The minimum atomic E-state index is -0.527. The van der Waals surface area contributed by atoms with Crippen LogP contribution in [0.25, 0.3) is 17.0 Å². The molecule has 2 heterocycles. The number of Topliss-reactive ketones (excluding diaryl/α,β-unsaturated/α-hetero) is 1. The molecule has 0 bridgehead atoms. The molecule has 0 radical (unpaired) electrons. The lowest BCUT2D eigenvalue weighted by Gasteiger charge is -2.17. The molecule has 0 unspecified atom stereocenters. The maximum Gasteiger partial charge on any atom is 0.237 e. The number of ketones is 1. The monoisotopic (exact) mass is 295 g/mol. The van der Waals surface area contributed by atoms with Crippen LogP contribution in [0.1, 0.15) is 31.1 Å². The van der Waals surface area contributed by atoms with Crippen LogP contribution in [0.2, 0.25) is 0 Å². The Balaban J connectivity index is 2.08. The Morgan fingerprint density at radius 2 is 1.91 bits per heavy atom. The summed E-state index contributed by atoms with van der Waals surface area (Å²) in [6.45, 7) is 5.52. The second kappa shape index (κ2) is 4.91. The van der Waals surface area contributed by atoms with E-state index in [0.717, 1.165) is 11.0 Å². The predicted octanol–water partition coefficient (Wildman–Crippen LogP) is 2.63. The Morgan fingerprint density at radius 3 is 2.59 bits per heavy atom. The minimum Gasteiger partial charge on any atom is -0.383 e. The van der Waals surface area contributed by atoms with Crippen molar-refractivity contribution in [2.24, 2.45) is 5.41 Å². The third-order valence-corrected chi connectivity index (χ3v) is 3.40. The highest BCUT2D eigenvalue weighted by Crippen LogP contribution is 2.24. The molecule has 3 rings (SSSR count). The van der Waals surface area contributed by atoms with E-state index in [1.807, 2.05) is 45.0 Å². The number of nitrogens with two attached hydrogens (primary N) is 1. The van der Waals surface area contributed by atoms with Gasteiger partial charge in [-0.05, 0) is 12.1 Å². The number of hydrogen-bond donors (Lipinski definition) is 1. The largest absolute Gasteiger partial charge is 0.383 e. The fourth-order valence-corrected chi connectivity index (χ4v) is 2.20. The lowest BCUT2D eigenvalue weighted by Crippen LogP contribution is -2.22. The van der Waals surface area contributed by atoms with Gasteiger partial charge in [0.25, 0.3) is 0 Å². The predicted molar refractivity (Wildman–Crippen MR) is 84.9 cm³/mol. The molecule has 0 saturated carbocycles. The number of carbonyl (C=O) groups excluding carboxylic acids is 1. The Bertz CT molecular complexity index is 860. The molecule has 2 N–H and O–H groups in total. The van der Waals surface area contributed by atoms with Crippen molar-refractivity contribution in [1.29, 1.82) is 0 Å². The van der Waals surface area contributed by atoms with Gasteiger partial charge in [0.15, 0.2) is 5.78 Å². The summed E-state index contributed by atoms with van der Waals surface area (Å²) in [7, 11) is 0. The number of benzene rings is 1. The zero-order valence-electron chi connectivity index (χ0n) is 12.7. The van der Waals surface area contributed by atoms with Gasteiger partial charge in [0, 0.05) is 11.6 Å². The number of fused-ring (bicyclic) bond motifs is 1. The van der Waals surface area contributed by atoms with Gasteiger partial charge in [-0.2, -0.15) is 4.98 Å². The van der Waals surface area contributed by atoms with Crippen LogP contribution in [0.15, 0.2) is 36.8 Å². The van der Waals surface area contributed by atoms with Crippen LogP contribution in [-0.2, 0) is 0 Å². The molecular weight excluding hydrogens is 278 g/mol. The average Bonchev–Trinajstić information content (AvgIpc) is 2.89. The summed E-state index contributed by atoms with van der Waals surface area (Å²) in [5, 5.41) is 0. The summed E-state index contributed by atoms with van der Waals surface area (Å²) in [4.78, 5) is 25.2. The first-order valence-electron chi connectivity index (χ1n) is 6.98. The Morgan fingerprint density at radius 1 is 1.18 bits per heavy atom. The van der Waals surface area contributed by atoms with Gasteiger partial charge < -0.3 is 5.73 Å². The topological polar surface area (TPSA) is 86.7 Å². The van der Waals surface area contributed by atoms with Crippen molar-refractivity contribution in [3.05, 3.63) is 42.4 Å². The number of imidazole rings is 1. The van der Waals surface area contributed by atoms with Crippen LogP contribution in [0.5, 0.6) is 0 Å². The summed E-state index contributed by atoms with van der Waals surface area (Å²) in [5.41, 5.74) is 7.52. The van der Waals surface area contributed by atoms with E-state index in [1.165, 1.54) is 6.20 Å². The Hall–Kier alpha value is -2.76. The third-order valence-electron chi connectivity index (χ3n) is 3.40. The number of nitrogen functional groups attached to an aromatic ring is 1. The summed E-state index contributed by atoms with van der Waals surface area (Å²) < 4.78 is 1.75. The zero-order valence-corrected chi connectivity index (χ0v) is 12.7. The number of carbonyl (C=O) groups is 1. The molecule has 0 saturated heterocycles. The van der Waals surface area contributed by atoms with Crippen LogP contribution >= 0.6 is 0 Å². The summed E-state index contributed by atoms with van der Waals surface area (Å²) in [6, 6.07) is 7.67. The first-order valence-corrected chi connectivity index (χ1v) is 6.98. The highest BCUT2D eigenvalue weighted by atomic mass is 16.1. The zero-order chi connectivity index (χ0) is 15.9. The van der Waals surface area contributed by atoms with Crippen LogP contribution < -0.4 is 5.73 Å². The molecule has 0 spiro atoms. The highest BCUT2D eigenvalue weighted by molar-refractivity contribution is 6.03. The molecule has 3 aromatic rings. The van der Waals surface area contributed by atoms with E-state index in [-0.39, 0.29) is 11.6 Å². The van der Waals surface area contributed by atoms with Gasteiger partial charge in [0.2, 0.25) is 5.95 Å². The van der Waals surface area contributed by atoms with Crippen molar-refractivity contribution >= 4 is 22.6 Å². The van der Waals surface area contributed by atoms with Crippen LogP contribution in [0, 0.1) is 5.41 Å². The molecule has 0 amide bonds. The highest BCUT2D eigenvalue weighted by Gasteiger charge is 2.26. The minimum absolute atomic E-state index is 0.0768. The van der Waals surface area contributed by atoms with Gasteiger partial charge in [0.05, 0.1) is 16.6 Å². The maximum atomic E-state index is 12.3. The van der Waals surface area contributed by atoms with E-state index in [1.54, 1.807) is 10.9 Å². The van der Waals surface area contributed by atoms with E-state index in [4.69, 9.17) is 5.73 Å². The maximum absolute atomic E-state index is 12.3. The molecule has 22 heavy (non-hydrogen) atoms. The second-order valence-electron chi connectivity index (χ2n) is 6.15. The van der Waals surface area contributed by atoms with Crippen molar-refractivity contribution in [2.45, 2.75) is 20.8 Å². The van der Waals surface area contributed by atoms with Crippen molar-refractivity contribution in [3.8, 4) is 5.95 Å². The van der Waals surface area contributed by atoms with Crippen molar-refractivity contribution in [3.63, 3.8) is 0 Å². The van der Waals surface area contributed by atoms with Gasteiger partial charge in [-0.25, -0.2) is 9.97 Å². The quantitative estimate of drug-likeness (QED) is 0.734. The molecular formula is C16H17N5O. The molecule has 6 nitrogen and oxygen atoms in total. The molecule has 6 heteroatoms. The molecule has 0 atom stereocenters. The molecule has 2 aromatic heterocycles. The first kappa shape index (κ1) is 14.2. The number of aromatic nitrogens is 4. The van der Waals surface area contributed by atoms with E-state index in [2.05, 4.69) is 15.0 Å². The Kier molecular flexibility index (Phi) is 3.16. The number of hydrogen-bond acceptors (Lipinski definition) is 5. The van der Waals surface area contributed by atoms with Gasteiger partial charge in [0.1, 0.15) is 12.1 Å². The van der Waals surface area contributed by atoms with Crippen molar-refractivity contribution < 1.29 is 4.79 Å². The number of rotatable bonds is 2. The number of nitrogens with zero attached hydrogens (tertiary/aromatic N) is 4. The molecule has 0 aliphatic heterocycles. The summed E-state index contributed by atoms with van der Waals surface area (Å²) >= 11 is 0. The van der Waals surface area contributed by atoms with Gasteiger partial charge in [-0.1, -0.05) is 32.9 Å². The van der Waals surface area contributed by atoms with E-state index < -0.39 is 5.41 Å². The van der Waals surface area contributed by atoms with Crippen LogP contribution in [0.4, 0.5) is 5.82 Å². The standard InChI is InChI=1S/C16H17N5O/c1-16(2,3)13(22)10-8-18-15(20-14(10)17)21-9-19-11-6-4-5-7-12(11)21/h4-9H,1-3H3,(H2,17,18,20). The lowest BCUT2D eigenvalue weighted by atomic mass is 9.87. The van der Waals surface area contributed by atoms with E-state index in [0.29, 0.717) is 11.5 Å². The second-order valence-corrected chi connectivity index (χ2v) is 6.15. The molecule has 0 aliphatic carbocycles. The normalized spacial score (nSPS) is 11.8. The number of para-hydroxylation sites is 2. The summed E-state index contributed by atoms with van der Waals surface area (Å²) in [6.07, 6.45) is 3.13. The molecule has 0 fully saturated rings. The third kappa shape index (κ3) is 2.32. The first-order chi connectivity index (χ1) is 10.4. The fraction of sp³-hybridized carbons (Fsp3) is 0.250. The number of anilines is 1. The molecule has 112 valence electrons. The van der Waals surface area contributed by atoms with Gasteiger partial charge in [-0.3, -0.25) is 9.36 Å². The van der Waals surface area contributed by atoms with Crippen molar-refractivity contribution in [1.82, 2.24) is 19.5 Å². The lowest BCUT2D eigenvalue weighted by molar-refractivity contribution is 0.0858.